The quantitative estimate of drug-likeness (QED) is 0.750. The Kier molecular flexibility index (Phi) is 2.74. The van der Waals surface area contributed by atoms with Crippen molar-refractivity contribution < 1.29 is 19.0 Å². The topological polar surface area (TPSA) is 44.8 Å². The molecule has 18 heavy (non-hydrogen) atoms. The van der Waals surface area contributed by atoms with Gasteiger partial charge in [-0.15, -0.1) is 0 Å². The number of esters is 1. The highest BCUT2D eigenvalue weighted by Gasteiger charge is 2.54. The van der Waals surface area contributed by atoms with E-state index in [1.165, 1.54) is 0 Å². The van der Waals surface area contributed by atoms with Crippen LogP contribution in [0.3, 0.4) is 0 Å². The Labute approximate surface area is 106 Å². The lowest BCUT2D eigenvalue weighted by atomic mass is 9.82. The molecule has 1 aromatic carbocycles. The molecule has 2 aliphatic heterocycles. The summed E-state index contributed by atoms with van der Waals surface area (Å²) in [5.41, 5.74) is 0.461. The lowest BCUT2D eigenvalue weighted by Crippen LogP contribution is -2.35. The number of carbonyl (C=O) groups excluding carboxylic acids is 1. The van der Waals surface area contributed by atoms with Gasteiger partial charge in [-0.3, -0.25) is 4.79 Å². The highest BCUT2D eigenvalue weighted by Crippen LogP contribution is 2.45. The van der Waals surface area contributed by atoms with Gasteiger partial charge in [0.15, 0.2) is 0 Å². The van der Waals surface area contributed by atoms with Crippen LogP contribution in [0.4, 0.5) is 0 Å². The first kappa shape index (κ1) is 11.5. The van der Waals surface area contributed by atoms with E-state index in [0.717, 1.165) is 24.2 Å². The van der Waals surface area contributed by atoms with Gasteiger partial charge in [-0.25, -0.2) is 0 Å². The number of methoxy groups -OCH3 is 1. The number of hydrogen-bond donors (Lipinski definition) is 0. The van der Waals surface area contributed by atoms with Gasteiger partial charge in [-0.2, -0.15) is 0 Å². The van der Waals surface area contributed by atoms with E-state index in [1.807, 2.05) is 24.3 Å². The zero-order valence-corrected chi connectivity index (χ0v) is 10.3. The third-order valence-corrected chi connectivity index (χ3v) is 3.78. The highest BCUT2D eigenvalue weighted by atomic mass is 16.6. The largest absolute Gasteiger partial charge is 0.497 e. The van der Waals surface area contributed by atoms with E-state index in [-0.39, 0.29) is 11.9 Å². The van der Waals surface area contributed by atoms with Crippen molar-refractivity contribution in [1.82, 2.24) is 0 Å². The molecule has 4 nitrogen and oxygen atoms in total. The van der Waals surface area contributed by atoms with Gasteiger partial charge < -0.3 is 14.2 Å². The Balaban J connectivity index is 1.99. The number of hydrogen-bond acceptors (Lipinski definition) is 4. The Bertz CT molecular complexity index is 463. The average molecular weight is 248 g/mol. The normalized spacial score (nSPS) is 30.7. The van der Waals surface area contributed by atoms with Crippen molar-refractivity contribution in [3.63, 3.8) is 0 Å². The number of carbonyl (C=O) groups is 1. The number of cyclic esters (lactones) is 1. The summed E-state index contributed by atoms with van der Waals surface area (Å²) < 4.78 is 16.3. The summed E-state index contributed by atoms with van der Waals surface area (Å²) in [7, 11) is 1.62. The van der Waals surface area contributed by atoms with Gasteiger partial charge in [-0.1, -0.05) is 12.1 Å². The molecule has 0 radical (unpaired) electrons. The van der Waals surface area contributed by atoms with Crippen molar-refractivity contribution >= 4 is 5.97 Å². The zero-order valence-electron chi connectivity index (χ0n) is 10.3. The smallest absolute Gasteiger partial charge is 0.316 e. The van der Waals surface area contributed by atoms with Gasteiger partial charge in [-0.05, 0) is 30.5 Å². The maximum Gasteiger partial charge on any atom is 0.316 e. The van der Waals surface area contributed by atoms with Crippen LogP contribution in [0, 0.1) is 0 Å². The summed E-state index contributed by atoms with van der Waals surface area (Å²) in [5, 5.41) is 0. The number of ether oxygens (including phenoxy) is 3. The molecule has 4 heteroatoms. The monoisotopic (exact) mass is 248 g/mol. The van der Waals surface area contributed by atoms with Gasteiger partial charge >= 0.3 is 5.97 Å². The summed E-state index contributed by atoms with van der Waals surface area (Å²) in [6.45, 7) is 1.07. The Hall–Kier alpha value is -1.55. The lowest BCUT2D eigenvalue weighted by Gasteiger charge is -2.26. The fraction of sp³-hybridized carbons (Fsp3) is 0.500. The Morgan fingerprint density at radius 2 is 2.33 bits per heavy atom. The Morgan fingerprint density at radius 3 is 3.06 bits per heavy atom. The second kappa shape index (κ2) is 4.28. The van der Waals surface area contributed by atoms with Crippen molar-refractivity contribution in [2.45, 2.75) is 24.4 Å². The summed E-state index contributed by atoms with van der Waals surface area (Å²) in [6, 6.07) is 7.58. The average Bonchev–Trinajstić information content (AvgIpc) is 2.99. The third kappa shape index (κ3) is 1.68. The van der Waals surface area contributed by atoms with Crippen LogP contribution in [-0.4, -0.2) is 31.9 Å². The van der Waals surface area contributed by atoms with Crippen LogP contribution in [-0.2, 0) is 14.3 Å². The summed E-state index contributed by atoms with van der Waals surface area (Å²) in [4.78, 5) is 12.0. The predicted octanol–water partition coefficient (Wildman–Crippen LogP) is 1.88. The fourth-order valence-electron chi connectivity index (χ4n) is 2.90. The van der Waals surface area contributed by atoms with Crippen molar-refractivity contribution in [3.05, 3.63) is 29.8 Å². The fourth-order valence-corrected chi connectivity index (χ4v) is 2.90. The van der Waals surface area contributed by atoms with Crippen molar-refractivity contribution in [1.29, 1.82) is 0 Å². The molecule has 0 bridgehead atoms. The minimum absolute atomic E-state index is 0.190. The van der Waals surface area contributed by atoms with E-state index < -0.39 is 5.60 Å². The first-order valence-electron chi connectivity index (χ1n) is 6.20. The molecule has 2 aliphatic rings. The molecule has 96 valence electrons. The van der Waals surface area contributed by atoms with Crippen molar-refractivity contribution in [2.24, 2.45) is 0 Å². The molecule has 0 amide bonds. The second-order valence-electron chi connectivity index (χ2n) is 4.83. The first-order valence-corrected chi connectivity index (χ1v) is 6.20. The van der Waals surface area contributed by atoms with Crippen LogP contribution >= 0.6 is 0 Å². The maximum absolute atomic E-state index is 12.0. The van der Waals surface area contributed by atoms with Crippen LogP contribution in [0.25, 0.3) is 0 Å². The SMILES string of the molecule is COc1cccc([C@@H]2C(=O)OC[C@@]23CCCO3)c1. The first-order chi connectivity index (χ1) is 8.75. The van der Waals surface area contributed by atoms with Crippen LogP contribution in [0.15, 0.2) is 24.3 Å². The minimum Gasteiger partial charge on any atom is -0.497 e. The summed E-state index contributed by atoms with van der Waals surface area (Å²) in [6.07, 6.45) is 1.86. The van der Waals surface area contributed by atoms with Crippen molar-refractivity contribution in [3.8, 4) is 5.75 Å². The van der Waals surface area contributed by atoms with Gasteiger partial charge in [0, 0.05) is 6.61 Å². The van der Waals surface area contributed by atoms with E-state index in [4.69, 9.17) is 14.2 Å². The van der Waals surface area contributed by atoms with Gasteiger partial charge in [0.25, 0.3) is 0 Å². The van der Waals surface area contributed by atoms with Crippen LogP contribution in [0.1, 0.15) is 24.3 Å². The lowest BCUT2D eigenvalue weighted by molar-refractivity contribution is -0.139. The molecular formula is C14H16O4. The molecule has 1 spiro atoms. The molecule has 0 unspecified atom stereocenters. The molecule has 2 heterocycles. The highest BCUT2D eigenvalue weighted by molar-refractivity contribution is 5.82. The van der Waals surface area contributed by atoms with Gasteiger partial charge in [0.2, 0.25) is 0 Å². The van der Waals surface area contributed by atoms with Crippen LogP contribution in [0.5, 0.6) is 5.75 Å². The van der Waals surface area contributed by atoms with E-state index in [2.05, 4.69) is 0 Å². The molecule has 2 saturated heterocycles. The molecular weight excluding hydrogens is 232 g/mol. The molecule has 2 fully saturated rings. The second-order valence-corrected chi connectivity index (χ2v) is 4.83. The molecule has 2 atom stereocenters. The van der Waals surface area contributed by atoms with E-state index in [9.17, 15) is 4.79 Å². The minimum atomic E-state index is -0.455. The standard InChI is InChI=1S/C14H16O4/c1-16-11-5-2-4-10(8-11)12-13(15)17-9-14(12)6-3-7-18-14/h2,4-5,8,12H,3,6-7,9H2,1H3/t12-,14+/m1/s1. The van der Waals surface area contributed by atoms with Crippen molar-refractivity contribution in [2.75, 3.05) is 20.3 Å². The summed E-state index contributed by atoms with van der Waals surface area (Å²) >= 11 is 0. The van der Waals surface area contributed by atoms with Crippen LogP contribution < -0.4 is 4.74 Å². The number of benzene rings is 1. The molecule has 1 aromatic rings. The Morgan fingerprint density at radius 1 is 1.44 bits per heavy atom. The molecule has 3 rings (SSSR count). The predicted molar refractivity (Wildman–Crippen MR) is 64.6 cm³/mol. The molecule has 0 aromatic heterocycles. The maximum atomic E-state index is 12.0. The molecule has 0 saturated carbocycles. The van der Waals surface area contributed by atoms with Crippen LogP contribution in [0.2, 0.25) is 0 Å². The van der Waals surface area contributed by atoms with E-state index >= 15 is 0 Å². The molecule has 0 N–H and O–H groups in total. The van der Waals surface area contributed by atoms with E-state index in [1.54, 1.807) is 7.11 Å². The third-order valence-electron chi connectivity index (χ3n) is 3.78. The molecule has 0 aliphatic carbocycles. The zero-order chi connectivity index (χ0) is 12.6. The van der Waals surface area contributed by atoms with Gasteiger partial charge in [0.05, 0.1) is 7.11 Å². The summed E-state index contributed by atoms with van der Waals surface area (Å²) in [5.74, 6) is 0.237. The number of rotatable bonds is 2. The van der Waals surface area contributed by atoms with E-state index in [0.29, 0.717) is 13.2 Å². The van der Waals surface area contributed by atoms with Gasteiger partial charge in [0.1, 0.15) is 23.9 Å².